The number of hydrogen-bond acceptors (Lipinski definition) is 4. The number of carboxylic acids is 1. The van der Waals surface area contributed by atoms with E-state index in [4.69, 9.17) is 5.11 Å². The lowest BCUT2D eigenvalue weighted by Gasteiger charge is -2.10. The summed E-state index contributed by atoms with van der Waals surface area (Å²) in [4.78, 5) is 15.1. The Morgan fingerprint density at radius 3 is 2.68 bits per heavy atom. The Labute approximate surface area is 109 Å². The topological polar surface area (TPSA) is 59.4 Å². The second-order valence-corrected chi connectivity index (χ2v) is 4.75. The molecule has 4 nitrogen and oxygen atoms in total. The molecule has 0 spiro atoms. The van der Waals surface area contributed by atoms with Crippen LogP contribution < -0.4 is 4.74 Å². The molecule has 0 saturated heterocycles. The highest BCUT2D eigenvalue weighted by Gasteiger charge is 2.33. The zero-order chi connectivity index (χ0) is 14.2. The van der Waals surface area contributed by atoms with Gasteiger partial charge in [-0.25, -0.2) is 9.78 Å². The fourth-order valence-electron chi connectivity index (χ4n) is 1.53. The van der Waals surface area contributed by atoms with E-state index in [0.717, 1.165) is 17.1 Å². The molecule has 0 fully saturated rings. The van der Waals surface area contributed by atoms with E-state index < -0.39 is 23.6 Å². The molecular weight excluding hydrogens is 283 g/mol. The summed E-state index contributed by atoms with van der Waals surface area (Å²) in [5.74, 6) is -2.23. The number of ether oxygens (including phenoxy) is 1. The van der Waals surface area contributed by atoms with E-state index in [0.29, 0.717) is 16.6 Å². The van der Waals surface area contributed by atoms with Gasteiger partial charge in [0.15, 0.2) is 0 Å². The molecule has 2 aromatic rings. The molecule has 0 bridgehead atoms. The van der Waals surface area contributed by atoms with E-state index >= 15 is 0 Å². The second kappa shape index (κ2) is 4.69. The third kappa shape index (κ3) is 2.95. The van der Waals surface area contributed by atoms with Gasteiger partial charge in [-0.1, -0.05) is 6.92 Å². The standard InChI is InChI=1S/C11H8F3NO3S/c1-2-9-15-6-4-7(18-11(12,13)14)5(10(16)17)3-8(6)19-9/h3-4H,2H2,1H3,(H,16,17). The van der Waals surface area contributed by atoms with Crippen LogP contribution in [-0.2, 0) is 6.42 Å². The van der Waals surface area contributed by atoms with Crippen LogP contribution in [0.1, 0.15) is 22.3 Å². The van der Waals surface area contributed by atoms with Crippen molar-refractivity contribution in [2.75, 3.05) is 0 Å². The van der Waals surface area contributed by atoms with Crippen LogP contribution in [0, 0.1) is 0 Å². The third-order valence-corrected chi connectivity index (χ3v) is 3.46. The molecule has 0 unspecified atom stereocenters. The number of hydrogen-bond donors (Lipinski definition) is 1. The Kier molecular flexibility index (Phi) is 3.36. The average Bonchev–Trinajstić information content (AvgIpc) is 2.67. The van der Waals surface area contributed by atoms with Crippen molar-refractivity contribution in [3.8, 4) is 5.75 Å². The highest BCUT2D eigenvalue weighted by atomic mass is 32.1. The lowest BCUT2D eigenvalue weighted by atomic mass is 10.2. The van der Waals surface area contributed by atoms with E-state index in [2.05, 4.69) is 9.72 Å². The van der Waals surface area contributed by atoms with E-state index in [1.807, 2.05) is 6.92 Å². The Bertz CT molecular complexity index is 636. The molecule has 102 valence electrons. The Morgan fingerprint density at radius 2 is 2.16 bits per heavy atom. The number of aromatic nitrogens is 1. The number of thiazole rings is 1. The van der Waals surface area contributed by atoms with Gasteiger partial charge in [0.25, 0.3) is 0 Å². The summed E-state index contributed by atoms with van der Waals surface area (Å²) in [5, 5.41) is 9.64. The first-order valence-corrected chi connectivity index (χ1v) is 6.04. The van der Waals surface area contributed by atoms with Crippen molar-refractivity contribution >= 4 is 27.5 Å². The fourth-order valence-corrected chi connectivity index (χ4v) is 2.46. The SMILES string of the molecule is CCc1nc2cc(OC(F)(F)F)c(C(=O)O)cc2s1. The molecule has 1 aromatic carbocycles. The number of nitrogens with zero attached hydrogens (tertiary/aromatic N) is 1. The number of aryl methyl sites for hydroxylation is 1. The summed E-state index contributed by atoms with van der Waals surface area (Å²) < 4.78 is 40.9. The van der Waals surface area contributed by atoms with Crippen molar-refractivity contribution in [2.45, 2.75) is 19.7 Å². The maximum Gasteiger partial charge on any atom is 0.573 e. The van der Waals surface area contributed by atoms with Crippen molar-refractivity contribution in [3.63, 3.8) is 0 Å². The number of carbonyl (C=O) groups is 1. The van der Waals surface area contributed by atoms with Crippen LogP contribution in [0.3, 0.4) is 0 Å². The molecule has 0 saturated carbocycles. The lowest BCUT2D eigenvalue weighted by Crippen LogP contribution is -2.19. The summed E-state index contributed by atoms with van der Waals surface area (Å²) >= 11 is 1.24. The van der Waals surface area contributed by atoms with Gasteiger partial charge < -0.3 is 9.84 Å². The minimum atomic E-state index is -4.94. The minimum Gasteiger partial charge on any atom is -0.478 e. The Balaban J connectivity index is 2.59. The lowest BCUT2D eigenvalue weighted by molar-refractivity contribution is -0.274. The largest absolute Gasteiger partial charge is 0.573 e. The molecule has 0 aliphatic carbocycles. The molecule has 8 heteroatoms. The molecular formula is C11H8F3NO3S. The van der Waals surface area contributed by atoms with Crippen LogP contribution in [-0.4, -0.2) is 22.4 Å². The first-order chi connectivity index (χ1) is 8.80. The predicted molar refractivity (Wildman–Crippen MR) is 62.6 cm³/mol. The van der Waals surface area contributed by atoms with Gasteiger partial charge in [-0.05, 0) is 12.5 Å². The maximum atomic E-state index is 12.2. The summed E-state index contributed by atoms with van der Waals surface area (Å²) in [5.41, 5.74) is -0.234. The third-order valence-electron chi connectivity index (χ3n) is 2.29. The molecule has 0 aliphatic heterocycles. The van der Waals surface area contributed by atoms with Gasteiger partial charge in [0.05, 0.1) is 15.2 Å². The monoisotopic (exact) mass is 291 g/mol. The number of halogens is 3. The van der Waals surface area contributed by atoms with Gasteiger partial charge in [0, 0.05) is 6.07 Å². The molecule has 1 N–H and O–H groups in total. The molecule has 19 heavy (non-hydrogen) atoms. The number of carboxylic acid groups (broad SMARTS) is 1. The number of fused-ring (bicyclic) bond motifs is 1. The number of rotatable bonds is 3. The van der Waals surface area contributed by atoms with Crippen molar-refractivity contribution < 1.29 is 27.8 Å². The summed E-state index contributed by atoms with van der Waals surface area (Å²) in [6, 6.07) is 2.15. The van der Waals surface area contributed by atoms with Gasteiger partial charge in [0.1, 0.15) is 11.3 Å². The van der Waals surface area contributed by atoms with Crippen LogP contribution in [0.25, 0.3) is 10.2 Å². The average molecular weight is 291 g/mol. The van der Waals surface area contributed by atoms with E-state index in [1.165, 1.54) is 11.3 Å². The minimum absolute atomic E-state index is 0.297. The van der Waals surface area contributed by atoms with E-state index in [1.54, 1.807) is 0 Å². The van der Waals surface area contributed by atoms with Gasteiger partial charge in [-0.15, -0.1) is 24.5 Å². The van der Waals surface area contributed by atoms with Crippen LogP contribution in [0.15, 0.2) is 12.1 Å². The van der Waals surface area contributed by atoms with Crippen LogP contribution in [0.4, 0.5) is 13.2 Å². The maximum absolute atomic E-state index is 12.2. The van der Waals surface area contributed by atoms with Crippen molar-refractivity contribution in [3.05, 3.63) is 22.7 Å². The zero-order valence-electron chi connectivity index (χ0n) is 9.61. The van der Waals surface area contributed by atoms with Crippen LogP contribution >= 0.6 is 11.3 Å². The first-order valence-electron chi connectivity index (χ1n) is 5.22. The van der Waals surface area contributed by atoms with Gasteiger partial charge >= 0.3 is 12.3 Å². The molecule has 0 atom stereocenters. The molecule has 0 radical (unpaired) electrons. The molecule has 2 rings (SSSR count). The number of aromatic carboxylic acids is 1. The summed E-state index contributed by atoms with van der Waals surface area (Å²) in [6.45, 7) is 1.85. The Morgan fingerprint density at radius 1 is 1.47 bits per heavy atom. The normalized spacial score (nSPS) is 11.8. The molecule has 1 heterocycles. The molecule has 0 aliphatic rings. The number of benzene rings is 1. The zero-order valence-corrected chi connectivity index (χ0v) is 10.4. The van der Waals surface area contributed by atoms with E-state index in [-0.39, 0.29) is 0 Å². The smallest absolute Gasteiger partial charge is 0.478 e. The van der Waals surface area contributed by atoms with Crippen LogP contribution in [0.5, 0.6) is 5.75 Å². The molecule has 1 aromatic heterocycles. The Hall–Kier alpha value is -1.83. The van der Waals surface area contributed by atoms with Crippen LogP contribution in [0.2, 0.25) is 0 Å². The summed E-state index contributed by atoms with van der Waals surface area (Å²) in [6.07, 6.45) is -4.32. The van der Waals surface area contributed by atoms with Gasteiger partial charge in [-0.3, -0.25) is 0 Å². The highest BCUT2D eigenvalue weighted by molar-refractivity contribution is 7.18. The van der Waals surface area contributed by atoms with E-state index in [9.17, 15) is 18.0 Å². The van der Waals surface area contributed by atoms with Gasteiger partial charge in [-0.2, -0.15) is 0 Å². The molecule has 0 amide bonds. The fraction of sp³-hybridized carbons (Fsp3) is 0.273. The first kappa shape index (κ1) is 13.6. The predicted octanol–water partition coefficient (Wildman–Crippen LogP) is 3.46. The summed E-state index contributed by atoms with van der Waals surface area (Å²) in [7, 11) is 0. The highest BCUT2D eigenvalue weighted by Crippen LogP contribution is 2.33. The van der Waals surface area contributed by atoms with Crippen molar-refractivity contribution in [1.82, 2.24) is 4.98 Å². The van der Waals surface area contributed by atoms with Crippen molar-refractivity contribution in [2.24, 2.45) is 0 Å². The second-order valence-electron chi connectivity index (χ2n) is 3.63. The quantitative estimate of drug-likeness (QED) is 0.940. The van der Waals surface area contributed by atoms with Crippen molar-refractivity contribution in [1.29, 1.82) is 0 Å². The number of alkyl halides is 3. The van der Waals surface area contributed by atoms with Gasteiger partial charge in [0.2, 0.25) is 0 Å².